The molecule has 0 aliphatic carbocycles. The first-order chi connectivity index (χ1) is 14.5. The highest BCUT2D eigenvalue weighted by Gasteiger charge is 2.24. The summed E-state index contributed by atoms with van der Waals surface area (Å²) in [5, 5.41) is 13.2. The van der Waals surface area contributed by atoms with E-state index in [2.05, 4.69) is 10.6 Å². The van der Waals surface area contributed by atoms with Crippen molar-refractivity contribution in [2.45, 2.75) is 12.6 Å². The zero-order chi connectivity index (χ0) is 21.5. The maximum absolute atomic E-state index is 12.9. The molecular formula is C23H23N5O2. The lowest BCUT2D eigenvalue weighted by atomic mass is 10.0. The predicted octanol–water partition coefficient (Wildman–Crippen LogP) is 2.34. The first-order valence-electron chi connectivity index (χ1n) is 9.37. The number of rotatable bonds is 7. The minimum atomic E-state index is -0.914. The second-order valence-corrected chi connectivity index (χ2v) is 6.74. The van der Waals surface area contributed by atoms with Gasteiger partial charge in [0.2, 0.25) is 5.91 Å². The van der Waals surface area contributed by atoms with E-state index in [0.717, 1.165) is 5.56 Å². The van der Waals surface area contributed by atoms with Crippen LogP contribution in [-0.4, -0.2) is 17.6 Å². The number of amides is 2. The maximum atomic E-state index is 12.9. The largest absolute Gasteiger partial charge is 0.398 e. The van der Waals surface area contributed by atoms with E-state index >= 15 is 0 Å². The van der Waals surface area contributed by atoms with Crippen molar-refractivity contribution in [3.63, 3.8) is 0 Å². The Morgan fingerprint density at radius 3 is 2.20 bits per heavy atom. The molecule has 7 heteroatoms. The molecule has 0 heterocycles. The number of anilines is 1. The number of carbonyl (C=O) groups is 2. The monoisotopic (exact) mass is 401 g/mol. The third-order valence-electron chi connectivity index (χ3n) is 4.59. The van der Waals surface area contributed by atoms with Crippen molar-refractivity contribution in [3.05, 3.63) is 101 Å². The average Bonchev–Trinajstić information content (AvgIpc) is 2.77. The minimum Gasteiger partial charge on any atom is -0.398 e. The molecule has 0 unspecified atom stereocenters. The fourth-order valence-corrected chi connectivity index (χ4v) is 2.96. The minimum absolute atomic E-state index is 0.152. The molecule has 0 spiro atoms. The Bertz CT molecular complexity index is 1050. The van der Waals surface area contributed by atoms with E-state index in [-0.39, 0.29) is 23.0 Å². The van der Waals surface area contributed by atoms with Crippen LogP contribution in [0.1, 0.15) is 33.1 Å². The Labute approximate surface area is 174 Å². The number of hydrogen-bond donors (Lipinski definition) is 5. The molecule has 30 heavy (non-hydrogen) atoms. The van der Waals surface area contributed by atoms with Gasteiger partial charge in [-0.1, -0.05) is 60.7 Å². The molecule has 3 aromatic rings. The molecule has 0 radical (unpaired) electrons. The van der Waals surface area contributed by atoms with Crippen molar-refractivity contribution in [1.82, 2.24) is 10.6 Å². The van der Waals surface area contributed by atoms with E-state index < -0.39 is 11.9 Å². The van der Waals surface area contributed by atoms with Crippen LogP contribution >= 0.6 is 0 Å². The molecule has 0 aliphatic rings. The normalized spacial score (nSPS) is 11.3. The van der Waals surface area contributed by atoms with Gasteiger partial charge in [-0.3, -0.25) is 15.0 Å². The molecule has 0 fully saturated rings. The predicted molar refractivity (Wildman–Crippen MR) is 117 cm³/mol. The second-order valence-electron chi connectivity index (χ2n) is 6.74. The van der Waals surface area contributed by atoms with Crippen molar-refractivity contribution < 1.29 is 9.59 Å². The molecule has 0 aromatic heterocycles. The van der Waals surface area contributed by atoms with E-state index in [4.69, 9.17) is 16.9 Å². The lowest BCUT2D eigenvalue weighted by Gasteiger charge is -2.20. The lowest BCUT2D eigenvalue weighted by Crippen LogP contribution is -2.40. The fourth-order valence-electron chi connectivity index (χ4n) is 2.96. The summed E-state index contributed by atoms with van der Waals surface area (Å²) in [6.07, 6.45) is 0. The van der Waals surface area contributed by atoms with E-state index in [1.54, 1.807) is 30.3 Å². The number of benzene rings is 3. The van der Waals surface area contributed by atoms with Crippen molar-refractivity contribution in [3.8, 4) is 0 Å². The van der Waals surface area contributed by atoms with Gasteiger partial charge in [-0.15, -0.1) is 0 Å². The molecule has 152 valence electrons. The molecule has 2 amide bonds. The summed E-state index contributed by atoms with van der Waals surface area (Å²) in [5.74, 6) is -1.05. The lowest BCUT2D eigenvalue weighted by molar-refractivity contribution is -0.123. The Kier molecular flexibility index (Phi) is 6.44. The summed E-state index contributed by atoms with van der Waals surface area (Å²) in [7, 11) is 0. The second kappa shape index (κ2) is 9.38. The Morgan fingerprint density at radius 2 is 1.57 bits per heavy atom. The van der Waals surface area contributed by atoms with Gasteiger partial charge >= 0.3 is 0 Å². The summed E-state index contributed by atoms with van der Waals surface area (Å²) in [6.45, 7) is 0.334. The van der Waals surface area contributed by atoms with Gasteiger partial charge in [0, 0.05) is 17.8 Å². The maximum Gasteiger partial charge on any atom is 0.254 e. The molecule has 0 bridgehead atoms. The Morgan fingerprint density at radius 1 is 0.933 bits per heavy atom. The summed E-state index contributed by atoms with van der Waals surface area (Å²) in [5.41, 5.74) is 13.8. The third-order valence-corrected chi connectivity index (χ3v) is 4.59. The highest BCUT2D eigenvalue weighted by molar-refractivity contribution is 6.04. The van der Waals surface area contributed by atoms with Crippen molar-refractivity contribution >= 4 is 23.3 Å². The smallest absolute Gasteiger partial charge is 0.254 e. The highest BCUT2D eigenvalue weighted by Crippen LogP contribution is 2.18. The summed E-state index contributed by atoms with van der Waals surface area (Å²) < 4.78 is 0. The number of amidine groups is 1. The van der Waals surface area contributed by atoms with Crippen LogP contribution in [0.25, 0.3) is 0 Å². The summed E-state index contributed by atoms with van der Waals surface area (Å²) >= 11 is 0. The Hall–Kier alpha value is -4.13. The van der Waals surface area contributed by atoms with E-state index in [9.17, 15) is 9.59 Å². The van der Waals surface area contributed by atoms with Crippen LogP contribution < -0.4 is 22.1 Å². The molecule has 7 N–H and O–H groups in total. The zero-order valence-electron chi connectivity index (χ0n) is 16.3. The van der Waals surface area contributed by atoms with Gasteiger partial charge in [0.05, 0.1) is 5.56 Å². The summed E-state index contributed by atoms with van der Waals surface area (Å²) in [4.78, 5) is 25.9. The van der Waals surface area contributed by atoms with Crippen molar-refractivity contribution in [1.29, 1.82) is 5.41 Å². The van der Waals surface area contributed by atoms with Crippen LogP contribution in [0, 0.1) is 5.41 Å². The Balaban J connectivity index is 1.83. The molecule has 1 atom stereocenters. The van der Waals surface area contributed by atoms with Gasteiger partial charge in [0.25, 0.3) is 5.91 Å². The van der Waals surface area contributed by atoms with Gasteiger partial charge in [0.15, 0.2) is 0 Å². The number of hydrogen-bond acceptors (Lipinski definition) is 4. The van der Waals surface area contributed by atoms with Crippen LogP contribution in [0.15, 0.2) is 78.9 Å². The van der Waals surface area contributed by atoms with Crippen LogP contribution in [0.2, 0.25) is 0 Å². The topological polar surface area (TPSA) is 134 Å². The molecule has 3 aromatic carbocycles. The quantitative estimate of drug-likeness (QED) is 0.236. The van der Waals surface area contributed by atoms with Crippen LogP contribution in [0.4, 0.5) is 5.69 Å². The fraction of sp³-hybridized carbons (Fsp3) is 0.0870. The standard InChI is InChI=1S/C23H23N5O2/c24-19-12-11-17(21(25)26)13-18(19)22(29)28-20(16-9-5-2-6-10-16)23(30)27-14-15-7-3-1-4-8-15/h1-13,20H,14,24H2,(H3,25,26)(H,27,30)(H,28,29)/t20-/m1/s1. The molecule has 0 saturated heterocycles. The number of carbonyl (C=O) groups excluding carboxylic acids is 2. The van der Waals surface area contributed by atoms with Crippen molar-refractivity contribution in [2.24, 2.45) is 5.73 Å². The average molecular weight is 401 g/mol. The first-order valence-corrected chi connectivity index (χ1v) is 9.37. The van der Waals surface area contributed by atoms with E-state index in [1.165, 1.54) is 12.1 Å². The first kappa shape index (κ1) is 20.6. The number of nitrogen functional groups attached to an aromatic ring is 2. The highest BCUT2D eigenvalue weighted by atomic mass is 16.2. The number of nitrogens with one attached hydrogen (secondary N) is 3. The molecular weight excluding hydrogens is 378 g/mol. The van der Waals surface area contributed by atoms with Gasteiger partial charge < -0.3 is 22.1 Å². The van der Waals surface area contributed by atoms with Crippen molar-refractivity contribution in [2.75, 3.05) is 5.73 Å². The van der Waals surface area contributed by atoms with E-state index in [0.29, 0.717) is 17.7 Å². The molecule has 7 nitrogen and oxygen atoms in total. The molecule has 0 aliphatic heterocycles. The van der Waals surface area contributed by atoms with Gasteiger partial charge in [-0.2, -0.15) is 0 Å². The van der Waals surface area contributed by atoms with Crippen LogP contribution in [-0.2, 0) is 11.3 Å². The molecule has 0 saturated carbocycles. The number of nitrogens with two attached hydrogens (primary N) is 2. The van der Waals surface area contributed by atoms with E-state index in [1.807, 2.05) is 36.4 Å². The third kappa shape index (κ3) is 5.02. The van der Waals surface area contributed by atoms with Gasteiger partial charge in [-0.05, 0) is 29.3 Å². The van der Waals surface area contributed by atoms with Crippen LogP contribution in [0.5, 0.6) is 0 Å². The van der Waals surface area contributed by atoms with Gasteiger partial charge in [-0.25, -0.2) is 0 Å². The SMILES string of the molecule is N=C(N)c1ccc(N)c(C(=O)N[C@@H](C(=O)NCc2ccccc2)c2ccccc2)c1. The van der Waals surface area contributed by atoms with Gasteiger partial charge in [0.1, 0.15) is 11.9 Å². The zero-order valence-corrected chi connectivity index (χ0v) is 16.3. The summed E-state index contributed by atoms with van der Waals surface area (Å²) in [6, 6.07) is 22.1. The van der Waals surface area contributed by atoms with Crippen LogP contribution in [0.3, 0.4) is 0 Å². The molecule has 3 rings (SSSR count).